The largest absolute Gasteiger partial charge is 0.497 e. The molecule has 0 saturated heterocycles. The molecule has 0 radical (unpaired) electrons. The van der Waals surface area contributed by atoms with E-state index >= 15 is 0 Å². The summed E-state index contributed by atoms with van der Waals surface area (Å²) in [6.07, 6.45) is 2.92. The number of carbonyl (C=O) groups excluding carboxylic acids is 2. The molecular formula is C29H30ClN5O3. The van der Waals surface area contributed by atoms with Crippen LogP contribution in [0.5, 0.6) is 5.75 Å². The Morgan fingerprint density at radius 1 is 1.21 bits per heavy atom. The fraction of sp³-hybridized carbons (Fsp3) is 0.310. The van der Waals surface area contributed by atoms with Gasteiger partial charge in [0.05, 0.1) is 25.5 Å². The maximum atomic E-state index is 13.7. The maximum absolute atomic E-state index is 13.7. The molecule has 9 heteroatoms. The number of aromatic nitrogens is 3. The Morgan fingerprint density at radius 3 is 2.68 bits per heavy atom. The van der Waals surface area contributed by atoms with Gasteiger partial charge in [-0.2, -0.15) is 0 Å². The van der Waals surface area contributed by atoms with Gasteiger partial charge in [0.2, 0.25) is 5.91 Å². The molecule has 3 aromatic rings. The lowest BCUT2D eigenvalue weighted by atomic mass is 9.68. The number of rotatable bonds is 6. The van der Waals surface area contributed by atoms with E-state index in [1.807, 2.05) is 49.4 Å². The third-order valence-electron chi connectivity index (χ3n) is 6.97. The summed E-state index contributed by atoms with van der Waals surface area (Å²) in [5.41, 5.74) is 4.84. The van der Waals surface area contributed by atoms with Gasteiger partial charge in [-0.25, -0.2) is 4.68 Å². The van der Waals surface area contributed by atoms with Crippen LogP contribution in [0.4, 0.5) is 0 Å². The number of dihydropyridines is 1. The Kier molecular flexibility index (Phi) is 6.84. The van der Waals surface area contributed by atoms with Crippen LogP contribution in [0.1, 0.15) is 50.8 Å². The van der Waals surface area contributed by atoms with Gasteiger partial charge in [0.1, 0.15) is 11.4 Å². The molecule has 8 nitrogen and oxygen atoms in total. The fourth-order valence-corrected chi connectivity index (χ4v) is 5.46. The average Bonchev–Trinajstić information content (AvgIpc) is 3.35. The van der Waals surface area contributed by atoms with E-state index in [0.29, 0.717) is 28.3 Å². The molecule has 2 aromatic carbocycles. The van der Waals surface area contributed by atoms with Gasteiger partial charge in [0, 0.05) is 39.9 Å². The van der Waals surface area contributed by atoms with E-state index in [-0.39, 0.29) is 23.7 Å². The van der Waals surface area contributed by atoms with Crippen molar-refractivity contribution in [1.29, 1.82) is 0 Å². The molecule has 196 valence electrons. The van der Waals surface area contributed by atoms with Crippen molar-refractivity contribution in [2.45, 2.75) is 46.1 Å². The van der Waals surface area contributed by atoms with Gasteiger partial charge in [-0.05, 0) is 60.7 Å². The van der Waals surface area contributed by atoms with E-state index in [1.54, 1.807) is 24.1 Å². The summed E-state index contributed by atoms with van der Waals surface area (Å²) < 4.78 is 6.85. The molecule has 38 heavy (non-hydrogen) atoms. The molecule has 1 unspecified atom stereocenters. The number of hydrogen-bond donors (Lipinski definition) is 2. The van der Waals surface area contributed by atoms with Gasteiger partial charge >= 0.3 is 0 Å². The summed E-state index contributed by atoms with van der Waals surface area (Å²) in [6.45, 7) is 6.24. The number of ether oxygens (including phenoxy) is 1. The highest BCUT2D eigenvalue weighted by atomic mass is 35.5. The molecule has 2 aliphatic rings. The third-order valence-corrected chi connectivity index (χ3v) is 7.21. The predicted molar refractivity (Wildman–Crippen MR) is 145 cm³/mol. The standard InChI is InChI=1S/C29H30ClN5O3/c1-17-25(28(37)31-15-20-16-35(34-33-20)21-8-10-22(38-4)11-9-21)26(18-6-5-7-19(30)12-18)27-23(32-17)13-29(2,3)14-24(27)36/h5-12,16,26,32H,13-15H2,1-4H3,(H,31,37). The van der Waals surface area contributed by atoms with Crippen LogP contribution in [0.3, 0.4) is 0 Å². The van der Waals surface area contributed by atoms with Gasteiger partial charge in [-0.3, -0.25) is 9.59 Å². The van der Waals surface area contributed by atoms with Gasteiger partial charge in [0.25, 0.3) is 0 Å². The molecule has 1 atom stereocenters. The second kappa shape index (κ2) is 10.1. The summed E-state index contributed by atoms with van der Waals surface area (Å²) in [5.74, 6) is 0.0132. The zero-order valence-electron chi connectivity index (χ0n) is 21.8. The van der Waals surface area contributed by atoms with Gasteiger partial charge < -0.3 is 15.4 Å². The number of halogens is 1. The first-order valence-corrected chi connectivity index (χ1v) is 12.9. The van der Waals surface area contributed by atoms with Crippen molar-refractivity contribution in [2.75, 3.05) is 7.11 Å². The number of allylic oxidation sites excluding steroid dienone is 3. The molecule has 5 rings (SSSR count). The molecule has 0 bridgehead atoms. The molecule has 0 fully saturated rings. The van der Waals surface area contributed by atoms with Crippen molar-refractivity contribution in [3.05, 3.63) is 93.5 Å². The summed E-state index contributed by atoms with van der Waals surface area (Å²) in [7, 11) is 1.61. The quantitative estimate of drug-likeness (QED) is 0.472. The lowest BCUT2D eigenvalue weighted by molar-refractivity contribution is -0.118. The van der Waals surface area contributed by atoms with Crippen molar-refractivity contribution >= 4 is 23.3 Å². The summed E-state index contributed by atoms with van der Waals surface area (Å²) >= 11 is 6.34. The van der Waals surface area contributed by atoms with E-state index in [9.17, 15) is 9.59 Å². The van der Waals surface area contributed by atoms with Crippen molar-refractivity contribution in [1.82, 2.24) is 25.6 Å². The van der Waals surface area contributed by atoms with Gasteiger partial charge in [-0.1, -0.05) is 42.8 Å². The second-order valence-electron chi connectivity index (χ2n) is 10.5. The van der Waals surface area contributed by atoms with Crippen LogP contribution < -0.4 is 15.4 Å². The number of hydrogen-bond acceptors (Lipinski definition) is 6. The van der Waals surface area contributed by atoms with Crippen molar-refractivity contribution in [3.63, 3.8) is 0 Å². The minimum atomic E-state index is -0.511. The number of amides is 1. The molecule has 1 aliphatic carbocycles. The minimum Gasteiger partial charge on any atom is -0.497 e. The molecule has 0 spiro atoms. The smallest absolute Gasteiger partial charge is 0.250 e. The summed E-state index contributed by atoms with van der Waals surface area (Å²) in [4.78, 5) is 27.1. The van der Waals surface area contributed by atoms with Crippen LogP contribution in [-0.4, -0.2) is 33.8 Å². The topological polar surface area (TPSA) is 98.1 Å². The van der Waals surface area contributed by atoms with E-state index < -0.39 is 5.92 Å². The zero-order chi connectivity index (χ0) is 27.0. The normalized spacial score (nSPS) is 18.7. The van der Waals surface area contributed by atoms with Crippen molar-refractivity contribution in [3.8, 4) is 11.4 Å². The maximum Gasteiger partial charge on any atom is 0.250 e. The predicted octanol–water partition coefficient (Wildman–Crippen LogP) is 4.85. The van der Waals surface area contributed by atoms with E-state index in [4.69, 9.17) is 16.3 Å². The monoisotopic (exact) mass is 531 g/mol. The lowest BCUT2D eigenvalue weighted by Crippen LogP contribution is -2.40. The number of nitrogens with one attached hydrogen (secondary N) is 2. The SMILES string of the molecule is COc1ccc(-n2cc(CNC(=O)C3=C(C)NC4=C(C(=O)CC(C)(C)C4)C3c3cccc(Cl)c3)nn2)cc1. The number of ketones is 1. The molecular weight excluding hydrogens is 502 g/mol. The Morgan fingerprint density at radius 2 is 1.97 bits per heavy atom. The first-order valence-electron chi connectivity index (χ1n) is 12.5. The Bertz CT molecular complexity index is 1470. The van der Waals surface area contributed by atoms with E-state index in [1.165, 1.54) is 0 Å². The van der Waals surface area contributed by atoms with Gasteiger partial charge in [0.15, 0.2) is 5.78 Å². The van der Waals surface area contributed by atoms with Crippen LogP contribution in [0, 0.1) is 5.41 Å². The molecule has 0 saturated carbocycles. The average molecular weight is 532 g/mol. The van der Waals surface area contributed by atoms with Crippen LogP contribution in [-0.2, 0) is 16.1 Å². The molecule has 1 aromatic heterocycles. The fourth-order valence-electron chi connectivity index (χ4n) is 5.26. The summed E-state index contributed by atoms with van der Waals surface area (Å²) in [6, 6.07) is 14.8. The molecule has 1 amide bonds. The third kappa shape index (κ3) is 5.09. The highest BCUT2D eigenvalue weighted by Crippen LogP contribution is 2.46. The van der Waals surface area contributed by atoms with Crippen LogP contribution >= 0.6 is 11.6 Å². The zero-order valence-corrected chi connectivity index (χ0v) is 22.6. The Labute approximate surface area is 226 Å². The van der Waals surface area contributed by atoms with Crippen LogP contribution in [0.2, 0.25) is 5.02 Å². The molecule has 2 N–H and O–H groups in total. The first kappa shape index (κ1) is 25.7. The van der Waals surface area contributed by atoms with E-state index in [2.05, 4.69) is 34.8 Å². The highest BCUT2D eigenvalue weighted by Gasteiger charge is 2.42. The minimum absolute atomic E-state index is 0.0500. The van der Waals surface area contributed by atoms with Crippen molar-refractivity contribution in [2.24, 2.45) is 5.41 Å². The number of benzene rings is 2. The number of carbonyl (C=O) groups is 2. The van der Waals surface area contributed by atoms with Crippen molar-refractivity contribution < 1.29 is 14.3 Å². The Balaban J connectivity index is 1.41. The number of methoxy groups -OCH3 is 1. The molecule has 1 aliphatic heterocycles. The second-order valence-corrected chi connectivity index (χ2v) is 11.0. The number of Topliss-reactive ketones (excluding diaryl/α,β-unsaturated/α-hetero) is 1. The highest BCUT2D eigenvalue weighted by molar-refractivity contribution is 6.30. The molecule has 2 heterocycles. The lowest BCUT2D eigenvalue weighted by Gasteiger charge is -2.39. The van der Waals surface area contributed by atoms with Crippen LogP contribution in [0.15, 0.2) is 77.3 Å². The summed E-state index contributed by atoms with van der Waals surface area (Å²) in [5, 5.41) is 15.3. The van der Waals surface area contributed by atoms with Gasteiger partial charge in [-0.15, -0.1) is 5.10 Å². The first-order chi connectivity index (χ1) is 18.1. The number of nitrogens with zero attached hydrogens (tertiary/aromatic N) is 3. The van der Waals surface area contributed by atoms with E-state index in [0.717, 1.165) is 34.8 Å². The Hall–Kier alpha value is -3.91. The van der Waals surface area contributed by atoms with Crippen LogP contribution in [0.25, 0.3) is 5.69 Å².